The molecule has 3 heteroatoms. The number of rotatable bonds is 5. The molecule has 0 aliphatic carbocycles. The number of hydrogen-bond donors (Lipinski definition) is 1. The van der Waals surface area contributed by atoms with Gasteiger partial charge in [0.1, 0.15) is 0 Å². The van der Waals surface area contributed by atoms with Gasteiger partial charge in [-0.15, -0.1) is 0 Å². The third-order valence-corrected chi connectivity index (χ3v) is 3.43. The summed E-state index contributed by atoms with van der Waals surface area (Å²) in [6.07, 6.45) is 3.43. The second kappa shape index (κ2) is 6.24. The maximum atomic E-state index is 7.91. The summed E-state index contributed by atoms with van der Waals surface area (Å²) in [6.45, 7) is 12.2. The molecule has 0 unspecified atom stereocenters. The van der Waals surface area contributed by atoms with E-state index in [1.54, 1.807) is 0 Å². The molecule has 94 valence electrons. The van der Waals surface area contributed by atoms with Crippen LogP contribution in [0, 0.1) is 5.41 Å². The van der Waals surface area contributed by atoms with Crippen LogP contribution in [0.4, 0.5) is 0 Å². The smallest absolute Gasteiger partial charge is 0.0958 e. The van der Waals surface area contributed by atoms with E-state index in [9.17, 15) is 0 Å². The predicted octanol–water partition coefficient (Wildman–Crippen LogP) is 2.57. The highest BCUT2D eigenvalue weighted by atomic mass is 15.2. The first kappa shape index (κ1) is 13.5. The Bertz CT molecular complexity index is 215. The highest BCUT2D eigenvalue weighted by Gasteiger charge is 2.18. The molecule has 0 radical (unpaired) electrons. The Labute approximate surface area is 100 Å². The Hall–Kier alpha value is -0.570. The van der Waals surface area contributed by atoms with E-state index in [1.807, 2.05) is 0 Å². The first-order chi connectivity index (χ1) is 7.52. The van der Waals surface area contributed by atoms with Gasteiger partial charge in [-0.2, -0.15) is 0 Å². The molecule has 1 rings (SSSR count). The summed E-state index contributed by atoms with van der Waals surface area (Å²) in [6, 6.07) is 1.19. The van der Waals surface area contributed by atoms with Gasteiger partial charge in [-0.3, -0.25) is 10.3 Å². The Kier molecular flexibility index (Phi) is 5.26. The van der Waals surface area contributed by atoms with Gasteiger partial charge in [-0.05, 0) is 40.5 Å². The third kappa shape index (κ3) is 3.78. The Morgan fingerprint density at radius 3 is 2.31 bits per heavy atom. The number of amidine groups is 1. The molecular weight excluding hydrogens is 198 g/mol. The minimum absolute atomic E-state index is 0.596. The molecule has 0 spiro atoms. The summed E-state index contributed by atoms with van der Waals surface area (Å²) in [4.78, 5) is 4.75. The molecule has 0 bridgehead atoms. The van der Waals surface area contributed by atoms with Gasteiger partial charge in [0.15, 0.2) is 0 Å². The largest absolute Gasteiger partial charge is 0.359 e. The third-order valence-electron chi connectivity index (χ3n) is 3.43. The van der Waals surface area contributed by atoms with Gasteiger partial charge >= 0.3 is 0 Å². The van der Waals surface area contributed by atoms with Crippen LogP contribution in [-0.2, 0) is 0 Å². The zero-order valence-corrected chi connectivity index (χ0v) is 11.3. The van der Waals surface area contributed by atoms with Crippen LogP contribution in [0.25, 0.3) is 0 Å². The fourth-order valence-electron chi connectivity index (χ4n) is 2.48. The van der Waals surface area contributed by atoms with Crippen molar-refractivity contribution >= 4 is 5.84 Å². The van der Waals surface area contributed by atoms with Crippen molar-refractivity contribution in [2.75, 3.05) is 19.6 Å². The topological polar surface area (TPSA) is 30.3 Å². The number of nitrogens with zero attached hydrogens (tertiary/aromatic N) is 2. The van der Waals surface area contributed by atoms with Gasteiger partial charge in [0.25, 0.3) is 0 Å². The van der Waals surface area contributed by atoms with E-state index in [0.29, 0.717) is 12.1 Å². The molecule has 0 atom stereocenters. The van der Waals surface area contributed by atoms with Crippen molar-refractivity contribution in [1.29, 1.82) is 5.41 Å². The van der Waals surface area contributed by atoms with Crippen molar-refractivity contribution in [1.82, 2.24) is 9.80 Å². The van der Waals surface area contributed by atoms with E-state index in [1.165, 1.54) is 12.8 Å². The van der Waals surface area contributed by atoms with E-state index in [0.717, 1.165) is 31.9 Å². The molecule has 1 aliphatic rings. The van der Waals surface area contributed by atoms with E-state index < -0.39 is 0 Å². The van der Waals surface area contributed by atoms with Crippen molar-refractivity contribution in [2.24, 2.45) is 0 Å². The average Bonchev–Trinajstić information content (AvgIpc) is 2.20. The zero-order chi connectivity index (χ0) is 12.1. The van der Waals surface area contributed by atoms with Gasteiger partial charge < -0.3 is 4.90 Å². The summed E-state index contributed by atoms with van der Waals surface area (Å²) in [5.74, 6) is 0.846. The van der Waals surface area contributed by atoms with Crippen LogP contribution >= 0.6 is 0 Å². The number of piperidine rings is 1. The Balaban J connectivity index is 2.39. The van der Waals surface area contributed by atoms with E-state index in [4.69, 9.17) is 5.41 Å². The van der Waals surface area contributed by atoms with Crippen LogP contribution in [0.15, 0.2) is 0 Å². The summed E-state index contributed by atoms with van der Waals surface area (Å²) < 4.78 is 0. The monoisotopic (exact) mass is 225 g/mol. The molecule has 0 aromatic carbocycles. The molecule has 1 aliphatic heterocycles. The summed E-state index contributed by atoms with van der Waals surface area (Å²) in [7, 11) is 0. The minimum Gasteiger partial charge on any atom is -0.359 e. The van der Waals surface area contributed by atoms with E-state index >= 15 is 0 Å². The highest BCUT2D eigenvalue weighted by molar-refractivity contribution is 5.79. The lowest BCUT2D eigenvalue weighted by Gasteiger charge is -2.35. The number of nitrogens with one attached hydrogen (secondary N) is 1. The maximum absolute atomic E-state index is 7.91. The molecule has 1 heterocycles. The second-order valence-corrected chi connectivity index (χ2v) is 5.32. The minimum atomic E-state index is 0.596. The molecule has 1 fully saturated rings. The Morgan fingerprint density at radius 2 is 1.81 bits per heavy atom. The van der Waals surface area contributed by atoms with Crippen molar-refractivity contribution in [3.8, 4) is 0 Å². The summed E-state index contributed by atoms with van der Waals surface area (Å²) in [5, 5.41) is 7.91. The van der Waals surface area contributed by atoms with Crippen LogP contribution < -0.4 is 0 Å². The maximum Gasteiger partial charge on any atom is 0.0958 e. The first-order valence-electron chi connectivity index (χ1n) is 6.60. The summed E-state index contributed by atoms with van der Waals surface area (Å²) in [5.41, 5.74) is 0. The number of hydrogen-bond acceptors (Lipinski definition) is 2. The van der Waals surface area contributed by atoms with Crippen LogP contribution in [0.2, 0.25) is 0 Å². The molecule has 0 aromatic heterocycles. The van der Waals surface area contributed by atoms with Crippen LogP contribution in [0.5, 0.6) is 0 Å². The molecule has 1 N–H and O–H groups in total. The second-order valence-electron chi connectivity index (χ2n) is 5.32. The average molecular weight is 225 g/mol. The molecular formula is C13H27N3. The van der Waals surface area contributed by atoms with E-state index in [2.05, 4.69) is 37.5 Å². The number of likely N-dealkylation sites (tertiary alicyclic amines) is 1. The lowest BCUT2D eigenvalue weighted by Crippen LogP contribution is -2.45. The van der Waals surface area contributed by atoms with Crippen LogP contribution in [-0.4, -0.2) is 47.4 Å². The van der Waals surface area contributed by atoms with Gasteiger partial charge in [-0.25, -0.2) is 0 Å². The quantitative estimate of drug-likeness (QED) is 0.779. The SMILES string of the molecule is CC(C)N(CCN1CCCCC1=N)C(C)C. The lowest BCUT2D eigenvalue weighted by molar-refractivity contribution is 0.159. The molecule has 16 heavy (non-hydrogen) atoms. The normalized spacial score (nSPS) is 17.9. The highest BCUT2D eigenvalue weighted by Crippen LogP contribution is 2.12. The van der Waals surface area contributed by atoms with E-state index in [-0.39, 0.29) is 0 Å². The van der Waals surface area contributed by atoms with Crippen molar-refractivity contribution in [3.63, 3.8) is 0 Å². The molecule has 3 nitrogen and oxygen atoms in total. The lowest BCUT2D eigenvalue weighted by atomic mass is 10.1. The molecule has 1 saturated heterocycles. The van der Waals surface area contributed by atoms with Gasteiger partial charge in [0.05, 0.1) is 5.84 Å². The van der Waals surface area contributed by atoms with Crippen molar-refractivity contribution in [3.05, 3.63) is 0 Å². The van der Waals surface area contributed by atoms with Gasteiger partial charge in [0, 0.05) is 38.1 Å². The first-order valence-corrected chi connectivity index (χ1v) is 6.60. The molecule has 0 amide bonds. The van der Waals surface area contributed by atoms with Crippen molar-refractivity contribution < 1.29 is 0 Å². The van der Waals surface area contributed by atoms with Gasteiger partial charge in [0.2, 0.25) is 0 Å². The fraction of sp³-hybridized carbons (Fsp3) is 0.923. The Morgan fingerprint density at radius 1 is 1.19 bits per heavy atom. The van der Waals surface area contributed by atoms with Crippen LogP contribution in [0.3, 0.4) is 0 Å². The van der Waals surface area contributed by atoms with Crippen LogP contribution in [0.1, 0.15) is 47.0 Å². The fourth-order valence-corrected chi connectivity index (χ4v) is 2.48. The van der Waals surface area contributed by atoms with Crippen molar-refractivity contribution in [2.45, 2.75) is 59.0 Å². The zero-order valence-electron chi connectivity index (χ0n) is 11.3. The molecule has 0 saturated carbocycles. The summed E-state index contributed by atoms with van der Waals surface area (Å²) >= 11 is 0. The standard InChI is InChI=1S/C13H27N3/c1-11(2)16(12(3)4)10-9-15-8-6-5-7-13(15)14/h11-12,14H,5-10H2,1-4H3. The van der Waals surface area contributed by atoms with Gasteiger partial charge in [-0.1, -0.05) is 0 Å². The molecule has 0 aromatic rings. The predicted molar refractivity (Wildman–Crippen MR) is 70.1 cm³/mol.